The van der Waals surface area contributed by atoms with Crippen LogP contribution in [0.2, 0.25) is 0 Å². The van der Waals surface area contributed by atoms with Gasteiger partial charge in [-0.05, 0) is 26.8 Å². The van der Waals surface area contributed by atoms with Gasteiger partial charge in [-0.2, -0.15) is 0 Å². The second-order valence-corrected chi connectivity index (χ2v) is 5.68. The highest BCUT2D eigenvalue weighted by Gasteiger charge is 2.18. The molecule has 0 amide bonds. The Morgan fingerprint density at radius 2 is 1.85 bits per heavy atom. The molecule has 0 aromatic carbocycles. The Balaban J connectivity index is 3.96. The highest BCUT2D eigenvalue weighted by molar-refractivity contribution is 7.85. The Morgan fingerprint density at radius 1 is 1.31 bits per heavy atom. The average molecular weight is 205 g/mol. The van der Waals surface area contributed by atoms with Crippen LogP contribution in [0.1, 0.15) is 34.1 Å². The van der Waals surface area contributed by atoms with Crippen molar-refractivity contribution < 1.29 is 4.21 Å². The van der Waals surface area contributed by atoms with Crippen LogP contribution >= 0.6 is 0 Å². The average Bonchev–Trinajstić information content (AvgIpc) is 2.14. The van der Waals surface area contributed by atoms with Gasteiger partial charge in [-0.3, -0.25) is 4.21 Å². The first-order valence-corrected chi connectivity index (χ1v) is 6.45. The lowest BCUT2D eigenvalue weighted by atomic mass is 10.2. The summed E-state index contributed by atoms with van der Waals surface area (Å²) in [6.45, 7) is 8.45. The van der Waals surface area contributed by atoms with Crippen molar-refractivity contribution in [1.82, 2.24) is 5.32 Å². The van der Waals surface area contributed by atoms with Crippen LogP contribution in [0.15, 0.2) is 0 Å². The summed E-state index contributed by atoms with van der Waals surface area (Å²) in [7, 11) is 1.23. The van der Waals surface area contributed by atoms with Gasteiger partial charge in [0.1, 0.15) is 0 Å². The Bertz CT molecular complexity index is 161. The van der Waals surface area contributed by atoms with Gasteiger partial charge in [-0.1, -0.05) is 20.3 Å². The van der Waals surface area contributed by atoms with E-state index in [0.29, 0.717) is 12.0 Å². The summed E-state index contributed by atoms with van der Waals surface area (Å²) in [5, 5.41) is 3.39. The molecule has 0 bridgehead atoms. The van der Waals surface area contributed by atoms with Gasteiger partial charge in [0.2, 0.25) is 0 Å². The second-order valence-electron chi connectivity index (χ2n) is 3.84. The fraction of sp³-hybridized carbons (Fsp3) is 1.00. The molecule has 1 N–H and O–H groups in total. The van der Waals surface area contributed by atoms with E-state index in [1.165, 1.54) is 0 Å². The summed E-state index contributed by atoms with van der Waals surface area (Å²) in [6, 6.07) is 0.338. The zero-order chi connectivity index (χ0) is 10.4. The van der Waals surface area contributed by atoms with Gasteiger partial charge < -0.3 is 5.32 Å². The fourth-order valence-corrected chi connectivity index (χ4v) is 2.70. The minimum Gasteiger partial charge on any atom is -0.316 e. The molecule has 0 radical (unpaired) electrons. The Morgan fingerprint density at radius 3 is 2.23 bits per heavy atom. The van der Waals surface area contributed by atoms with Crippen molar-refractivity contribution in [2.75, 3.05) is 12.8 Å². The SMILES string of the molecule is CCC(C)CS(=O)C(C)C(C)NC. The number of rotatable bonds is 6. The van der Waals surface area contributed by atoms with Crippen molar-refractivity contribution in [3.8, 4) is 0 Å². The van der Waals surface area contributed by atoms with Crippen molar-refractivity contribution in [2.24, 2.45) is 5.92 Å². The molecule has 0 heterocycles. The molecular formula is C10H23NOS. The van der Waals surface area contributed by atoms with Gasteiger partial charge in [0, 0.05) is 27.8 Å². The summed E-state index contributed by atoms with van der Waals surface area (Å²) < 4.78 is 11.8. The molecule has 0 aromatic rings. The van der Waals surface area contributed by atoms with Gasteiger partial charge >= 0.3 is 0 Å². The van der Waals surface area contributed by atoms with Crippen molar-refractivity contribution in [1.29, 1.82) is 0 Å². The maximum atomic E-state index is 11.8. The second kappa shape index (κ2) is 6.55. The minimum absolute atomic E-state index is 0.249. The van der Waals surface area contributed by atoms with Gasteiger partial charge in [0.15, 0.2) is 0 Å². The van der Waals surface area contributed by atoms with Crippen molar-refractivity contribution in [3.05, 3.63) is 0 Å². The fourth-order valence-electron chi connectivity index (χ4n) is 1.01. The molecular weight excluding hydrogens is 182 g/mol. The monoisotopic (exact) mass is 205 g/mol. The maximum Gasteiger partial charge on any atom is 0.0470 e. The largest absolute Gasteiger partial charge is 0.316 e. The zero-order valence-electron chi connectivity index (χ0n) is 9.46. The smallest absolute Gasteiger partial charge is 0.0470 e. The molecule has 0 aliphatic heterocycles. The normalized spacial score (nSPS) is 20.7. The molecule has 0 aliphatic carbocycles. The van der Waals surface area contributed by atoms with Crippen LogP contribution in [0.25, 0.3) is 0 Å². The summed E-state index contributed by atoms with van der Waals surface area (Å²) in [5.41, 5.74) is 0. The summed E-state index contributed by atoms with van der Waals surface area (Å²) in [4.78, 5) is 0. The molecule has 80 valence electrons. The van der Waals surface area contributed by atoms with E-state index in [4.69, 9.17) is 0 Å². The molecule has 0 aliphatic rings. The standard InChI is InChI=1S/C10H23NOS/c1-6-8(2)7-13(12)10(4)9(3)11-5/h8-11H,6-7H2,1-5H3. The van der Waals surface area contributed by atoms with Gasteiger partial charge in [-0.25, -0.2) is 0 Å². The van der Waals surface area contributed by atoms with E-state index < -0.39 is 10.8 Å². The summed E-state index contributed by atoms with van der Waals surface area (Å²) in [6.07, 6.45) is 1.12. The topological polar surface area (TPSA) is 29.1 Å². The first-order valence-electron chi connectivity index (χ1n) is 5.07. The highest BCUT2D eigenvalue weighted by Crippen LogP contribution is 2.09. The molecule has 0 rings (SSSR count). The Kier molecular flexibility index (Phi) is 6.60. The molecule has 0 saturated heterocycles. The molecule has 0 fully saturated rings. The van der Waals surface area contributed by atoms with Crippen LogP contribution in [-0.2, 0) is 10.8 Å². The summed E-state index contributed by atoms with van der Waals surface area (Å²) in [5.74, 6) is 1.41. The Hall–Kier alpha value is 0.110. The molecule has 4 unspecified atom stereocenters. The zero-order valence-corrected chi connectivity index (χ0v) is 10.3. The molecule has 0 aromatic heterocycles. The van der Waals surface area contributed by atoms with Crippen LogP contribution in [0.5, 0.6) is 0 Å². The quantitative estimate of drug-likeness (QED) is 0.716. The van der Waals surface area contributed by atoms with Crippen molar-refractivity contribution in [2.45, 2.75) is 45.4 Å². The number of nitrogens with one attached hydrogen (secondary N) is 1. The van der Waals surface area contributed by atoms with Gasteiger partial charge in [-0.15, -0.1) is 0 Å². The third kappa shape index (κ3) is 4.77. The van der Waals surface area contributed by atoms with Crippen molar-refractivity contribution in [3.63, 3.8) is 0 Å². The predicted octanol–water partition coefficient (Wildman–Crippen LogP) is 1.78. The Labute approximate surface area is 84.9 Å². The molecule has 0 spiro atoms. The van der Waals surface area contributed by atoms with Crippen LogP contribution in [0.4, 0.5) is 0 Å². The maximum absolute atomic E-state index is 11.8. The van der Waals surface area contributed by atoms with Crippen LogP contribution in [0, 0.1) is 5.92 Å². The first kappa shape index (κ1) is 13.1. The van der Waals surface area contributed by atoms with E-state index in [1.807, 2.05) is 7.05 Å². The number of hydrogen-bond donors (Lipinski definition) is 1. The van der Waals surface area contributed by atoms with Crippen LogP contribution < -0.4 is 5.32 Å². The first-order chi connectivity index (χ1) is 6.02. The predicted molar refractivity (Wildman–Crippen MR) is 60.4 cm³/mol. The van der Waals surface area contributed by atoms with E-state index in [0.717, 1.165) is 12.2 Å². The number of hydrogen-bond acceptors (Lipinski definition) is 2. The molecule has 2 nitrogen and oxygen atoms in total. The van der Waals surface area contributed by atoms with E-state index in [-0.39, 0.29) is 5.25 Å². The van der Waals surface area contributed by atoms with Gasteiger partial charge in [0.05, 0.1) is 0 Å². The lowest BCUT2D eigenvalue weighted by Crippen LogP contribution is -2.37. The third-order valence-electron chi connectivity index (χ3n) is 2.72. The lowest BCUT2D eigenvalue weighted by Gasteiger charge is -2.20. The molecule has 3 heteroatoms. The lowest BCUT2D eigenvalue weighted by molar-refractivity contribution is 0.569. The van der Waals surface area contributed by atoms with E-state index >= 15 is 0 Å². The highest BCUT2D eigenvalue weighted by atomic mass is 32.2. The van der Waals surface area contributed by atoms with Gasteiger partial charge in [0.25, 0.3) is 0 Å². The van der Waals surface area contributed by atoms with Crippen LogP contribution in [0.3, 0.4) is 0 Å². The van der Waals surface area contributed by atoms with E-state index in [2.05, 4.69) is 33.0 Å². The third-order valence-corrected chi connectivity index (χ3v) is 4.86. The minimum atomic E-state index is -0.687. The summed E-state index contributed by atoms with van der Waals surface area (Å²) >= 11 is 0. The molecule has 13 heavy (non-hydrogen) atoms. The van der Waals surface area contributed by atoms with E-state index in [9.17, 15) is 4.21 Å². The van der Waals surface area contributed by atoms with Crippen molar-refractivity contribution >= 4 is 10.8 Å². The molecule has 0 saturated carbocycles. The van der Waals surface area contributed by atoms with Crippen LogP contribution in [-0.4, -0.2) is 28.3 Å². The van der Waals surface area contributed by atoms with E-state index in [1.54, 1.807) is 0 Å². The molecule has 4 atom stereocenters.